The molecule has 0 unspecified atom stereocenters. The number of ether oxygens (including phenoxy) is 1. The van der Waals surface area contributed by atoms with Gasteiger partial charge in [0.15, 0.2) is 11.0 Å². The molecule has 1 aliphatic carbocycles. The Labute approximate surface area is 243 Å². The van der Waals surface area contributed by atoms with Crippen LogP contribution < -0.4 is 10.6 Å². The molecule has 2 amide bonds. The number of carbonyl (C=O) groups is 3. The fraction of sp³-hybridized carbons (Fsp3) is 0.444. The van der Waals surface area contributed by atoms with Gasteiger partial charge in [-0.15, -0.1) is 21.5 Å². The monoisotopic (exact) mass is 609 g/mol. The minimum Gasteiger partial charge on any atom is -0.462 e. The van der Waals surface area contributed by atoms with Gasteiger partial charge in [-0.1, -0.05) is 37.2 Å². The average molecular weight is 610 g/mol. The lowest BCUT2D eigenvalue weighted by atomic mass is 10.1. The highest BCUT2D eigenvalue weighted by Crippen LogP contribution is 2.39. The SMILES string of the molecule is CCCCn1c(CNC(=O)c2ccccc2C(F)(F)F)nnc1SCC(=O)Nc1sc2c(c1C(=O)OCC)CCC2. The Morgan fingerprint density at radius 2 is 1.93 bits per heavy atom. The first-order valence-electron chi connectivity index (χ1n) is 13.2. The van der Waals surface area contributed by atoms with E-state index in [1.54, 1.807) is 11.5 Å². The summed E-state index contributed by atoms with van der Waals surface area (Å²) in [6.07, 6.45) is -0.458. The summed E-state index contributed by atoms with van der Waals surface area (Å²) >= 11 is 2.54. The predicted molar refractivity (Wildman–Crippen MR) is 149 cm³/mol. The van der Waals surface area contributed by atoms with Gasteiger partial charge in [-0.2, -0.15) is 13.2 Å². The molecule has 14 heteroatoms. The number of nitrogens with one attached hydrogen (secondary N) is 2. The Hall–Kier alpha value is -3.39. The molecule has 0 spiro atoms. The van der Waals surface area contributed by atoms with Gasteiger partial charge in [-0.05, 0) is 50.3 Å². The molecular weight excluding hydrogens is 579 g/mol. The fourth-order valence-electron chi connectivity index (χ4n) is 4.48. The maximum atomic E-state index is 13.3. The van der Waals surface area contributed by atoms with E-state index in [0.29, 0.717) is 28.1 Å². The van der Waals surface area contributed by atoms with E-state index in [2.05, 4.69) is 20.8 Å². The number of benzene rings is 1. The van der Waals surface area contributed by atoms with Gasteiger partial charge in [0.1, 0.15) is 5.00 Å². The van der Waals surface area contributed by atoms with E-state index in [1.807, 2.05) is 6.92 Å². The molecule has 0 fully saturated rings. The van der Waals surface area contributed by atoms with Crippen LogP contribution in [-0.2, 0) is 41.6 Å². The summed E-state index contributed by atoms with van der Waals surface area (Å²) in [6, 6.07) is 4.57. The molecule has 2 N–H and O–H groups in total. The van der Waals surface area contributed by atoms with Crippen molar-refractivity contribution in [2.75, 3.05) is 17.7 Å². The Kier molecular flexibility index (Phi) is 10.1. The number of carbonyl (C=O) groups excluding carboxylic acids is 3. The van der Waals surface area contributed by atoms with Crippen molar-refractivity contribution >= 4 is 45.9 Å². The molecule has 220 valence electrons. The van der Waals surface area contributed by atoms with Crippen LogP contribution in [0.1, 0.15) is 75.7 Å². The second-order valence-corrected chi connectivity index (χ2v) is 11.3. The van der Waals surface area contributed by atoms with Crippen LogP contribution in [0.3, 0.4) is 0 Å². The third-order valence-corrected chi connectivity index (χ3v) is 8.57. The van der Waals surface area contributed by atoms with Crippen molar-refractivity contribution in [2.45, 2.75) is 70.4 Å². The average Bonchev–Trinajstić information content (AvgIpc) is 3.63. The highest BCUT2D eigenvalue weighted by atomic mass is 32.2. The molecule has 1 aromatic carbocycles. The molecule has 3 aromatic rings. The number of aryl methyl sites for hydroxylation is 1. The van der Waals surface area contributed by atoms with E-state index in [1.165, 1.54) is 23.5 Å². The van der Waals surface area contributed by atoms with Crippen molar-refractivity contribution in [2.24, 2.45) is 0 Å². The molecule has 9 nitrogen and oxygen atoms in total. The van der Waals surface area contributed by atoms with Gasteiger partial charge in [-0.3, -0.25) is 9.59 Å². The summed E-state index contributed by atoms with van der Waals surface area (Å²) in [4.78, 5) is 39.2. The lowest BCUT2D eigenvalue weighted by Gasteiger charge is -2.13. The van der Waals surface area contributed by atoms with Crippen LogP contribution in [0.2, 0.25) is 0 Å². The first-order chi connectivity index (χ1) is 19.6. The molecule has 4 rings (SSSR count). The number of aromatic nitrogens is 3. The van der Waals surface area contributed by atoms with Crippen molar-refractivity contribution in [1.82, 2.24) is 20.1 Å². The number of alkyl halides is 3. The molecule has 0 saturated heterocycles. The van der Waals surface area contributed by atoms with Gasteiger partial charge in [-0.25, -0.2) is 4.79 Å². The van der Waals surface area contributed by atoms with Gasteiger partial charge in [0, 0.05) is 11.4 Å². The highest BCUT2D eigenvalue weighted by Gasteiger charge is 2.35. The molecular formula is C27H30F3N5O4S2. The van der Waals surface area contributed by atoms with Crippen molar-refractivity contribution in [3.05, 3.63) is 57.2 Å². The van der Waals surface area contributed by atoms with E-state index in [0.717, 1.165) is 66.4 Å². The Morgan fingerprint density at radius 1 is 1.15 bits per heavy atom. The lowest BCUT2D eigenvalue weighted by molar-refractivity contribution is -0.138. The number of thioether (sulfide) groups is 1. The standard InChI is InChI=1S/C27H30F3N5O4S2/c1-3-5-13-35-20(14-31-23(37)16-9-6-7-11-18(16)27(28,29)30)33-34-26(35)40-15-21(36)32-24-22(25(38)39-4-2)17-10-8-12-19(17)41-24/h6-7,9,11H,3-5,8,10,12-15H2,1-2H3,(H,31,37)(H,32,36). The summed E-state index contributed by atoms with van der Waals surface area (Å²) in [7, 11) is 0. The largest absolute Gasteiger partial charge is 0.462 e. The van der Waals surface area contributed by atoms with E-state index >= 15 is 0 Å². The van der Waals surface area contributed by atoms with Crippen LogP contribution >= 0.6 is 23.1 Å². The molecule has 2 aromatic heterocycles. The normalized spacial score (nSPS) is 12.7. The number of anilines is 1. The summed E-state index contributed by atoms with van der Waals surface area (Å²) in [5.41, 5.74) is -0.124. The topological polar surface area (TPSA) is 115 Å². The number of nitrogens with zero attached hydrogens (tertiary/aromatic N) is 3. The summed E-state index contributed by atoms with van der Waals surface area (Å²) in [5, 5.41) is 14.6. The molecule has 0 aliphatic heterocycles. The quantitative estimate of drug-likeness (QED) is 0.206. The first-order valence-corrected chi connectivity index (χ1v) is 15.0. The lowest BCUT2D eigenvalue weighted by Crippen LogP contribution is -2.27. The number of esters is 1. The van der Waals surface area contributed by atoms with Crippen molar-refractivity contribution < 1.29 is 32.3 Å². The van der Waals surface area contributed by atoms with Gasteiger partial charge in [0.05, 0.1) is 35.6 Å². The maximum absolute atomic E-state index is 13.3. The number of fused-ring (bicyclic) bond motifs is 1. The summed E-state index contributed by atoms with van der Waals surface area (Å²) in [5.74, 6) is -1.31. The number of hydrogen-bond donors (Lipinski definition) is 2. The number of amides is 2. The zero-order chi connectivity index (χ0) is 29.6. The molecule has 1 aliphatic rings. The summed E-state index contributed by atoms with van der Waals surface area (Å²) < 4.78 is 47.0. The predicted octanol–water partition coefficient (Wildman–Crippen LogP) is 5.48. The van der Waals surface area contributed by atoms with Crippen molar-refractivity contribution in [1.29, 1.82) is 0 Å². The third-order valence-electron chi connectivity index (χ3n) is 6.40. The first kappa shape index (κ1) is 30.6. The van der Waals surface area contributed by atoms with Crippen molar-refractivity contribution in [3.63, 3.8) is 0 Å². The Balaban J connectivity index is 1.43. The second kappa shape index (κ2) is 13.5. The van der Waals surface area contributed by atoms with Crippen LogP contribution in [0, 0.1) is 0 Å². The molecule has 0 atom stereocenters. The van der Waals surface area contributed by atoms with E-state index in [4.69, 9.17) is 4.74 Å². The Morgan fingerprint density at radius 3 is 2.66 bits per heavy atom. The Bertz CT molecular complexity index is 1420. The number of halogens is 3. The zero-order valence-corrected chi connectivity index (χ0v) is 24.2. The second-order valence-electron chi connectivity index (χ2n) is 9.25. The van der Waals surface area contributed by atoms with E-state index < -0.39 is 29.2 Å². The third kappa shape index (κ3) is 7.28. The minimum atomic E-state index is -4.67. The fourth-order valence-corrected chi connectivity index (χ4v) is 6.56. The number of unbranched alkanes of at least 4 members (excludes halogenated alkanes) is 1. The number of hydrogen-bond acceptors (Lipinski definition) is 8. The van der Waals surface area contributed by atoms with Gasteiger partial charge < -0.3 is 19.9 Å². The molecule has 0 bridgehead atoms. The highest BCUT2D eigenvalue weighted by molar-refractivity contribution is 7.99. The molecule has 2 heterocycles. The van der Waals surface area contributed by atoms with Crippen molar-refractivity contribution in [3.8, 4) is 0 Å². The zero-order valence-electron chi connectivity index (χ0n) is 22.6. The number of rotatable bonds is 12. The van der Waals surface area contributed by atoms with Gasteiger partial charge in [0.25, 0.3) is 5.91 Å². The molecule has 0 radical (unpaired) electrons. The van der Waals surface area contributed by atoms with Crippen LogP contribution in [0.4, 0.5) is 18.2 Å². The van der Waals surface area contributed by atoms with Gasteiger partial charge >= 0.3 is 12.1 Å². The van der Waals surface area contributed by atoms with E-state index in [9.17, 15) is 27.6 Å². The summed E-state index contributed by atoms with van der Waals surface area (Å²) in [6.45, 7) is 4.33. The maximum Gasteiger partial charge on any atom is 0.417 e. The van der Waals surface area contributed by atoms with Crippen LogP contribution in [0.15, 0.2) is 29.4 Å². The minimum absolute atomic E-state index is 0.0135. The van der Waals surface area contributed by atoms with Crippen LogP contribution in [0.25, 0.3) is 0 Å². The van der Waals surface area contributed by atoms with Crippen LogP contribution in [-0.4, -0.2) is 44.9 Å². The molecule has 0 saturated carbocycles. The van der Waals surface area contributed by atoms with Gasteiger partial charge in [0.2, 0.25) is 5.91 Å². The van der Waals surface area contributed by atoms with Crippen LogP contribution in [0.5, 0.6) is 0 Å². The molecule has 41 heavy (non-hydrogen) atoms. The number of thiophene rings is 1. The van der Waals surface area contributed by atoms with E-state index in [-0.39, 0.29) is 24.8 Å². The smallest absolute Gasteiger partial charge is 0.417 e.